The number of hydrogen-bond donors (Lipinski definition) is 3. The smallest absolute Gasteiger partial charge is 0.323 e. The summed E-state index contributed by atoms with van der Waals surface area (Å²) in [7, 11) is 0. The van der Waals surface area contributed by atoms with Crippen molar-refractivity contribution < 1.29 is 4.79 Å². The molecule has 0 fully saturated rings. The van der Waals surface area contributed by atoms with Crippen LogP contribution in [0, 0.1) is 16.7 Å². The number of H-pyrrole nitrogens is 2. The van der Waals surface area contributed by atoms with Gasteiger partial charge in [-0.1, -0.05) is 6.07 Å². The molecular formula is C13H14N4O2. The molecule has 0 unspecified atom stereocenters. The highest BCUT2D eigenvalue weighted by Gasteiger charge is 2.26. The van der Waals surface area contributed by atoms with Gasteiger partial charge in [0.05, 0.1) is 17.1 Å². The van der Waals surface area contributed by atoms with E-state index in [1.54, 1.807) is 26.0 Å². The van der Waals surface area contributed by atoms with Crippen LogP contribution in [0.4, 0.5) is 0 Å². The van der Waals surface area contributed by atoms with Gasteiger partial charge in [-0.05, 0) is 31.5 Å². The van der Waals surface area contributed by atoms with Gasteiger partial charge in [0.15, 0.2) is 0 Å². The van der Waals surface area contributed by atoms with Gasteiger partial charge in [0.2, 0.25) is 5.91 Å². The first-order valence-electron chi connectivity index (χ1n) is 5.83. The Bertz CT molecular complexity index is 718. The van der Waals surface area contributed by atoms with E-state index >= 15 is 0 Å². The van der Waals surface area contributed by atoms with Gasteiger partial charge in [-0.2, -0.15) is 5.26 Å². The van der Waals surface area contributed by atoms with Crippen molar-refractivity contribution in [3.63, 3.8) is 0 Å². The Labute approximate surface area is 109 Å². The molecule has 0 aliphatic heterocycles. The van der Waals surface area contributed by atoms with Crippen molar-refractivity contribution >= 4 is 16.9 Å². The predicted octanol–water partition coefficient (Wildman–Crippen LogP) is 1.02. The number of benzene rings is 1. The number of rotatable bonds is 3. The number of nitrogens with zero attached hydrogens (tertiary/aromatic N) is 1. The Morgan fingerprint density at radius 1 is 1.37 bits per heavy atom. The summed E-state index contributed by atoms with van der Waals surface area (Å²) in [5, 5.41) is 11.5. The fourth-order valence-electron chi connectivity index (χ4n) is 1.64. The molecule has 0 atom stereocenters. The number of amides is 1. The molecule has 0 bridgehead atoms. The van der Waals surface area contributed by atoms with Crippen molar-refractivity contribution in [3.8, 4) is 6.07 Å². The van der Waals surface area contributed by atoms with Crippen LogP contribution in [0.15, 0.2) is 23.0 Å². The first-order chi connectivity index (χ1) is 8.92. The van der Waals surface area contributed by atoms with Crippen molar-refractivity contribution in [3.05, 3.63) is 34.2 Å². The van der Waals surface area contributed by atoms with Gasteiger partial charge in [-0.15, -0.1) is 0 Å². The van der Waals surface area contributed by atoms with Gasteiger partial charge in [-0.3, -0.25) is 4.79 Å². The van der Waals surface area contributed by atoms with Gasteiger partial charge in [0, 0.05) is 6.54 Å². The summed E-state index contributed by atoms with van der Waals surface area (Å²) >= 11 is 0. The maximum atomic E-state index is 11.7. The zero-order chi connectivity index (χ0) is 14.0. The highest BCUT2D eigenvalue weighted by Crippen LogP contribution is 2.14. The van der Waals surface area contributed by atoms with E-state index in [1.807, 2.05) is 12.1 Å². The molecule has 0 saturated carbocycles. The Kier molecular flexibility index (Phi) is 3.13. The normalized spacial score (nSPS) is 11.2. The van der Waals surface area contributed by atoms with Crippen molar-refractivity contribution in [2.75, 3.05) is 0 Å². The second-order valence-electron chi connectivity index (χ2n) is 4.88. The number of aromatic nitrogens is 2. The average molecular weight is 258 g/mol. The Morgan fingerprint density at radius 2 is 2.05 bits per heavy atom. The van der Waals surface area contributed by atoms with Crippen molar-refractivity contribution in [1.82, 2.24) is 15.3 Å². The SMILES string of the molecule is CC(C)(C#N)C(=O)NCc1ccc2[nH]c(=O)[nH]c2c1. The highest BCUT2D eigenvalue weighted by molar-refractivity contribution is 5.84. The minimum absolute atomic E-state index is 0.262. The zero-order valence-electron chi connectivity index (χ0n) is 10.7. The molecule has 0 aliphatic rings. The number of nitriles is 1. The number of carbonyl (C=O) groups excluding carboxylic acids is 1. The summed E-state index contributed by atoms with van der Waals surface area (Å²) in [6.07, 6.45) is 0. The van der Waals surface area contributed by atoms with Crippen molar-refractivity contribution in [2.45, 2.75) is 20.4 Å². The number of hydrogen-bond acceptors (Lipinski definition) is 3. The Hall–Kier alpha value is -2.55. The van der Waals surface area contributed by atoms with Crippen molar-refractivity contribution in [1.29, 1.82) is 5.26 Å². The van der Waals surface area contributed by atoms with Crippen LogP contribution in [0.25, 0.3) is 11.0 Å². The van der Waals surface area contributed by atoms with Crippen LogP contribution in [-0.4, -0.2) is 15.9 Å². The molecule has 1 aromatic carbocycles. The summed E-state index contributed by atoms with van der Waals surface area (Å²) in [4.78, 5) is 28.2. The average Bonchev–Trinajstić information content (AvgIpc) is 2.74. The summed E-state index contributed by atoms with van der Waals surface area (Å²) in [5.41, 5.74) is 0.951. The molecule has 2 rings (SSSR count). The van der Waals surface area contributed by atoms with Crippen LogP contribution in [0.5, 0.6) is 0 Å². The molecule has 2 aromatic rings. The number of aromatic amines is 2. The summed E-state index contributed by atoms with van der Waals surface area (Å²) in [6, 6.07) is 7.31. The second-order valence-corrected chi connectivity index (χ2v) is 4.88. The Morgan fingerprint density at radius 3 is 2.74 bits per heavy atom. The third kappa shape index (κ3) is 2.65. The quantitative estimate of drug-likeness (QED) is 0.766. The van der Waals surface area contributed by atoms with Gasteiger partial charge in [0.25, 0.3) is 0 Å². The van der Waals surface area contributed by atoms with Gasteiger partial charge in [0.1, 0.15) is 5.41 Å². The third-order valence-corrected chi connectivity index (χ3v) is 2.88. The lowest BCUT2D eigenvalue weighted by atomic mass is 9.95. The number of fused-ring (bicyclic) bond motifs is 1. The van der Waals surface area contributed by atoms with E-state index in [0.29, 0.717) is 12.1 Å². The molecule has 6 heteroatoms. The molecular weight excluding hydrogens is 244 g/mol. The molecule has 1 aromatic heterocycles. The first kappa shape index (κ1) is 12.9. The van der Waals surface area contributed by atoms with Crippen LogP contribution in [0.3, 0.4) is 0 Å². The van der Waals surface area contributed by atoms with Crippen LogP contribution in [-0.2, 0) is 11.3 Å². The van der Waals surface area contributed by atoms with Gasteiger partial charge < -0.3 is 15.3 Å². The molecule has 0 saturated heterocycles. The predicted molar refractivity (Wildman–Crippen MR) is 70.2 cm³/mol. The summed E-state index contributed by atoms with van der Waals surface area (Å²) < 4.78 is 0. The molecule has 0 radical (unpaired) electrons. The monoisotopic (exact) mass is 258 g/mol. The highest BCUT2D eigenvalue weighted by atomic mass is 16.2. The molecule has 19 heavy (non-hydrogen) atoms. The molecule has 1 amide bonds. The van der Waals surface area contributed by atoms with E-state index in [0.717, 1.165) is 11.1 Å². The summed E-state index contributed by atoms with van der Waals surface area (Å²) in [5.74, 6) is -0.322. The maximum Gasteiger partial charge on any atom is 0.323 e. The van der Waals surface area contributed by atoms with Gasteiger partial charge >= 0.3 is 5.69 Å². The lowest BCUT2D eigenvalue weighted by Gasteiger charge is -2.14. The first-order valence-corrected chi connectivity index (χ1v) is 5.83. The van der Waals surface area contributed by atoms with E-state index in [2.05, 4.69) is 15.3 Å². The minimum Gasteiger partial charge on any atom is -0.351 e. The lowest BCUT2D eigenvalue weighted by molar-refractivity contribution is -0.126. The van der Waals surface area contributed by atoms with E-state index in [1.165, 1.54) is 0 Å². The standard InChI is InChI=1S/C13H14N4O2/c1-13(2,7-14)11(18)15-6-8-3-4-9-10(5-8)17-12(19)16-9/h3-5H,6H2,1-2H3,(H,15,18)(H2,16,17,19). The fourth-order valence-corrected chi connectivity index (χ4v) is 1.64. The summed E-state index contributed by atoms with van der Waals surface area (Å²) in [6.45, 7) is 3.44. The molecule has 0 spiro atoms. The molecule has 3 N–H and O–H groups in total. The van der Waals surface area contributed by atoms with Crippen LogP contribution in [0.1, 0.15) is 19.4 Å². The lowest BCUT2D eigenvalue weighted by Crippen LogP contribution is -2.35. The van der Waals surface area contributed by atoms with E-state index in [-0.39, 0.29) is 11.6 Å². The van der Waals surface area contributed by atoms with Crippen LogP contribution >= 0.6 is 0 Å². The molecule has 1 heterocycles. The topological polar surface area (TPSA) is 102 Å². The number of imidazole rings is 1. The van der Waals surface area contributed by atoms with Crippen LogP contribution in [0.2, 0.25) is 0 Å². The third-order valence-electron chi connectivity index (χ3n) is 2.88. The second kappa shape index (κ2) is 4.61. The molecule has 6 nitrogen and oxygen atoms in total. The molecule has 98 valence electrons. The van der Waals surface area contributed by atoms with Crippen molar-refractivity contribution in [2.24, 2.45) is 5.41 Å². The molecule has 0 aliphatic carbocycles. The van der Waals surface area contributed by atoms with Crippen LogP contribution < -0.4 is 11.0 Å². The minimum atomic E-state index is -1.05. The number of nitrogens with one attached hydrogen (secondary N) is 3. The van der Waals surface area contributed by atoms with E-state index in [9.17, 15) is 9.59 Å². The zero-order valence-corrected chi connectivity index (χ0v) is 10.7. The van der Waals surface area contributed by atoms with E-state index in [4.69, 9.17) is 5.26 Å². The Balaban J connectivity index is 2.12. The fraction of sp³-hybridized carbons (Fsp3) is 0.308. The van der Waals surface area contributed by atoms with E-state index < -0.39 is 5.41 Å². The number of carbonyl (C=O) groups is 1. The largest absolute Gasteiger partial charge is 0.351 e. The maximum absolute atomic E-state index is 11.7. The van der Waals surface area contributed by atoms with Gasteiger partial charge in [-0.25, -0.2) is 4.79 Å².